The Balaban J connectivity index is 2.32. The van der Waals surface area contributed by atoms with Gasteiger partial charge in [-0.1, -0.05) is 43.7 Å². The van der Waals surface area contributed by atoms with Crippen molar-refractivity contribution in [2.45, 2.75) is 40.3 Å². The van der Waals surface area contributed by atoms with Crippen molar-refractivity contribution >= 4 is 0 Å². The molecular weight excluding hydrogens is 234 g/mol. The summed E-state index contributed by atoms with van der Waals surface area (Å²) in [6, 6.07) is 8.59. The van der Waals surface area contributed by atoms with E-state index in [9.17, 15) is 0 Å². The fourth-order valence-corrected chi connectivity index (χ4v) is 1.77. The summed E-state index contributed by atoms with van der Waals surface area (Å²) < 4.78 is 5.65. The third-order valence-electron chi connectivity index (χ3n) is 2.82. The number of nitrogens with one attached hydrogen (secondary N) is 1. The van der Waals surface area contributed by atoms with Crippen molar-refractivity contribution < 1.29 is 4.74 Å². The van der Waals surface area contributed by atoms with Gasteiger partial charge in [0.15, 0.2) is 0 Å². The van der Waals surface area contributed by atoms with Crippen molar-refractivity contribution in [2.75, 3.05) is 13.2 Å². The molecule has 0 amide bonds. The van der Waals surface area contributed by atoms with E-state index in [1.807, 2.05) is 6.92 Å². The minimum atomic E-state index is 0.686. The van der Waals surface area contributed by atoms with E-state index in [0.717, 1.165) is 26.1 Å². The zero-order chi connectivity index (χ0) is 14.1. The van der Waals surface area contributed by atoms with Crippen LogP contribution < -0.4 is 5.32 Å². The highest BCUT2D eigenvalue weighted by molar-refractivity contribution is 5.22. The molecule has 0 saturated carbocycles. The highest BCUT2D eigenvalue weighted by Gasteiger charge is 1.98. The van der Waals surface area contributed by atoms with Gasteiger partial charge in [0.1, 0.15) is 0 Å². The maximum Gasteiger partial charge on any atom is 0.0717 e. The Labute approximate surface area is 117 Å². The van der Waals surface area contributed by atoms with E-state index in [1.165, 1.54) is 16.7 Å². The molecule has 0 spiro atoms. The zero-order valence-electron chi connectivity index (χ0n) is 12.5. The molecule has 1 aromatic rings. The van der Waals surface area contributed by atoms with Gasteiger partial charge in [-0.05, 0) is 36.9 Å². The van der Waals surface area contributed by atoms with Crippen molar-refractivity contribution in [3.8, 4) is 0 Å². The van der Waals surface area contributed by atoms with Crippen LogP contribution in [0.1, 0.15) is 38.3 Å². The Morgan fingerprint density at radius 1 is 1.32 bits per heavy atom. The van der Waals surface area contributed by atoms with Gasteiger partial charge in [-0.3, -0.25) is 0 Å². The SMILES string of the molecule is C=C(C)CCOCc1cccc(CNCC(C)C)c1. The fraction of sp³-hybridized carbons (Fsp3) is 0.529. The molecule has 0 aliphatic heterocycles. The lowest BCUT2D eigenvalue weighted by molar-refractivity contribution is 0.124. The summed E-state index contributed by atoms with van der Waals surface area (Å²) >= 11 is 0. The van der Waals surface area contributed by atoms with Crippen molar-refractivity contribution in [1.82, 2.24) is 5.32 Å². The van der Waals surface area contributed by atoms with Crippen LogP contribution in [0.15, 0.2) is 36.4 Å². The molecule has 0 heterocycles. The molecule has 0 bridgehead atoms. The van der Waals surface area contributed by atoms with Gasteiger partial charge in [-0.25, -0.2) is 0 Å². The lowest BCUT2D eigenvalue weighted by atomic mass is 10.1. The summed E-state index contributed by atoms with van der Waals surface area (Å²) in [4.78, 5) is 0. The zero-order valence-corrected chi connectivity index (χ0v) is 12.5. The van der Waals surface area contributed by atoms with Crippen LogP contribution in [0, 0.1) is 5.92 Å². The highest BCUT2D eigenvalue weighted by atomic mass is 16.5. The Hall–Kier alpha value is -1.12. The van der Waals surface area contributed by atoms with Gasteiger partial charge in [-0.15, -0.1) is 6.58 Å². The average Bonchev–Trinajstić information content (AvgIpc) is 2.34. The van der Waals surface area contributed by atoms with Gasteiger partial charge in [0.25, 0.3) is 0 Å². The smallest absolute Gasteiger partial charge is 0.0717 e. The molecule has 19 heavy (non-hydrogen) atoms. The predicted octanol–water partition coefficient (Wildman–Crippen LogP) is 3.92. The first-order valence-corrected chi connectivity index (χ1v) is 7.08. The molecule has 0 saturated heterocycles. The first-order valence-electron chi connectivity index (χ1n) is 7.08. The predicted molar refractivity (Wildman–Crippen MR) is 82.1 cm³/mol. The molecule has 1 rings (SSSR count). The quantitative estimate of drug-likeness (QED) is 0.537. The van der Waals surface area contributed by atoms with E-state index in [4.69, 9.17) is 4.74 Å². The third kappa shape index (κ3) is 7.81. The normalized spacial score (nSPS) is 10.9. The van der Waals surface area contributed by atoms with Crippen LogP contribution in [0.5, 0.6) is 0 Å². The summed E-state index contributed by atoms with van der Waals surface area (Å²) in [6.45, 7) is 13.8. The average molecular weight is 261 g/mol. The van der Waals surface area contributed by atoms with Gasteiger partial charge in [-0.2, -0.15) is 0 Å². The summed E-state index contributed by atoms with van der Waals surface area (Å²) in [5.74, 6) is 0.689. The van der Waals surface area contributed by atoms with Crippen LogP contribution in [0.25, 0.3) is 0 Å². The molecule has 0 fully saturated rings. The second-order valence-corrected chi connectivity index (χ2v) is 5.60. The number of hydrogen-bond acceptors (Lipinski definition) is 2. The van der Waals surface area contributed by atoms with E-state index >= 15 is 0 Å². The molecule has 0 radical (unpaired) electrons. The summed E-state index contributed by atoms with van der Waals surface area (Å²) in [6.07, 6.45) is 0.940. The number of ether oxygens (including phenoxy) is 1. The lowest BCUT2D eigenvalue weighted by Gasteiger charge is -2.09. The molecule has 2 heteroatoms. The van der Waals surface area contributed by atoms with Crippen molar-refractivity contribution in [3.63, 3.8) is 0 Å². The van der Waals surface area contributed by atoms with Crippen LogP contribution in [-0.2, 0) is 17.9 Å². The number of benzene rings is 1. The van der Waals surface area contributed by atoms with Crippen LogP contribution in [0.4, 0.5) is 0 Å². The molecular formula is C17H27NO. The Kier molecular flexibility index (Phi) is 7.46. The first kappa shape index (κ1) is 15.9. The van der Waals surface area contributed by atoms with E-state index < -0.39 is 0 Å². The Morgan fingerprint density at radius 3 is 2.74 bits per heavy atom. The van der Waals surface area contributed by atoms with Crippen LogP contribution in [-0.4, -0.2) is 13.2 Å². The summed E-state index contributed by atoms with van der Waals surface area (Å²) in [5, 5.41) is 3.46. The molecule has 0 unspecified atom stereocenters. The number of rotatable bonds is 9. The monoisotopic (exact) mass is 261 g/mol. The minimum absolute atomic E-state index is 0.686. The highest BCUT2D eigenvalue weighted by Crippen LogP contribution is 2.07. The summed E-state index contributed by atoms with van der Waals surface area (Å²) in [5.41, 5.74) is 3.74. The second-order valence-electron chi connectivity index (χ2n) is 5.60. The molecule has 0 aliphatic rings. The fourth-order valence-electron chi connectivity index (χ4n) is 1.77. The van der Waals surface area contributed by atoms with Crippen molar-refractivity contribution in [1.29, 1.82) is 0 Å². The number of hydrogen-bond donors (Lipinski definition) is 1. The topological polar surface area (TPSA) is 21.3 Å². The molecule has 0 atom stereocenters. The van der Waals surface area contributed by atoms with Crippen molar-refractivity contribution in [3.05, 3.63) is 47.5 Å². The third-order valence-corrected chi connectivity index (χ3v) is 2.82. The van der Waals surface area contributed by atoms with Crippen LogP contribution >= 0.6 is 0 Å². The van der Waals surface area contributed by atoms with E-state index in [-0.39, 0.29) is 0 Å². The van der Waals surface area contributed by atoms with Gasteiger partial charge < -0.3 is 10.1 Å². The van der Waals surface area contributed by atoms with E-state index in [2.05, 4.69) is 50.0 Å². The molecule has 1 N–H and O–H groups in total. The van der Waals surface area contributed by atoms with Gasteiger partial charge in [0, 0.05) is 6.54 Å². The van der Waals surface area contributed by atoms with Gasteiger partial charge >= 0.3 is 0 Å². The Morgan fingerprint density at radius 2 is 2.05 bits per heavy atom. The molecule has 0 aliphatic carbocycles. The van der Waals surface area contributed by atoms with E-state index in [0.29, 0.717) is 12.5 Å². The largest absolute Gasteiger partial charge is 0.376 e. The maximum atomic E-state index is 5.65. The van der Waals surface area contributed by atoms with Crippen LogP contribution in [0.3, 0.4) is 0 Å². The lowest BCUT2D eigenvalue weighted by Crippen LogP contribution is -2.18. The first-order chi connectivity index (χ1) is 9.08. The molecule has 1 aromatic carbocycles. The minimum Gasteiger partial charge on any atom is -0.376 e. The van der Waals surface area contributed by atoms with E-state index in [1.54, 1.807) is 0 Å². The molecule has 0 aromatic heterocycles. The molecule has 106 valence electrons. The summed E-state index contributed by atoms with van der Waals surface area (Å²) in [7, 11) is 0. The standard InChI is InChI=1S/C17H27NO/c1-14(2)8-9-19-13-17-7-5-6-16(10-17)12-18-11-15(3)4/h5-7,10,15,18H,1,8-9,11-13H2,2-4H3. The molecule has 2 nitrogen and oxygen atoms in total. The van der Waals surface area contributed by atoms with Crippen LogP contribution in [0.2, 0.25) is 0 Å². The van der Waals surface area contributed by atoms with Gasteiger partial charge in [0.2, 0.25) is 0 Å². The maximum absolute atomic E-state index is 5.65. The second kappa shape index (κ2) is 8.89. The van der Waals surface area contributed by atoms with Gasteiger partial charge in [0.05, 0.1) is 13.2 Å². The van der Waals surface area contributed by atoms with Crippen molar-refractivity contribution in [2.24, 2.45) is 5.92 Å². The Bertz CT molecular complexity index is 385.